The zero-order valence-electron chi connectivity index (χ0n) is 15.7. The molecule has 0 unspecified atom stereocenters. The molecule has 2 aromatic carbocycles. The quantitative estimate of drug-likeness (QED) is 0.482. The predicted octanol–water partition coefficient (Wildman–Crippen LogP) is 6.20. The van der Waals surface area contributed by atoms with E-state index in [1.807, 2.05) is 18.2 Å². The highest BCUT2D eigenvalue weighted by Crippen LogP contribution is 2.30. The highest BCUT2D eigenvalue weighted by Gasteiger charge is 2.18. The lowest BCUT2D eigenvalue weighted by molar-refractivity contribution is 0.104. The third kappa shape index (κ3) is 5.00. The summed E-state index contributed by atoms with van der Waals surface area (Å²) in [7, 11) is 0. The summed E-state index contributed by atoms with van der Waals surface area (Å²) in [5.41, 5.74) is 9.84. The summed E-state index contributed by atoms with van der Waals surface area (Å²) >= 11 is 7.64. The molecule has 1 heterocycles. The van der Waals surface area contributed by atoms with Gasteiger partial charge in [-0.3, -0.25) is 4.79 Å². The maximum atomic E-state index is 12.7. The Balaban J connectivity index is 1.68. The third-order valence-electron chi connectivity index (χ3n) is 4.50. The number of nitrogen functional groups attached to an aromatic ring is 1. The fourth-order valence-corrected chi connectivity index (χ4v) is 4.28. The number of ketones is 1. The van der Waals surface area contributed by atoms with Crippen LogP contribution in [0.3, 0.4) is 0 Å². The Bertz CT molecular complexity index is 928. The number of carbonyl (C=O) groups excluding carboxylic acids is 1. The smallest absolute Gasteiger partial charge is 0.197 e. The zero-order valence-corrected chi connectivity index (χ0v) is 17.2. The number of carbonyl (C=O) groups is 1. The van der Waals surface area contributed by atoms with Gasteiger partial charge in [-0.2, -0.15) is 0 Å². The first kappa shape index (κ1) is 19.7. The number of rotatable bonds is 7. The van der Waals surface area contributed by atoms with Crippen molar-refractivity contribution >= 4 is 33.7 Å². The second kappa shape index (κ2) is 8.73. The van der Waals surface area contributed by atoms with Crippen LogP contribution in [0.5, 0.6) is 0 Å². The van der Waals surface area contributed by atoms with Gasteiger partial charge in [-0.1, -0.05) is 61.8 Å². The van der Waals surface area contributed by atoms with Crippen LogP contribution in [0.4, 0.5) is 5.00 Å². The summed E-state index contributed by atoms with van der Waals surface area (Å²) in [6, 6.07) is 17.8. The van der Waals surface area contributed by atoms with Gasteiger partial charge in [0.05, 0.1) is 15.6 Å². The van der Waals surface area contributed by atoms with Crippen molar-refractivity contribution in [3.8, 4) is 0 Å². The predicted molar refractivity (Wildman–Crippen MR) is 116 cm³/mol. The molecule has 0 saturated heterocycles. The van der Waals surface area contributed by atoms with Crippen molar-refractivity contribution in [1.29, 1.82) is 0 Å². The van der Waals surface area contributed by atoms with Crippen molar-refractivity contribution in [3.63, 3.8) is 0 Å². The van der Waals surface area contributed by atoms with Crippen LogP contribution in [-0.2, 0) is 19.3 Å². The Morgan fingerprint density at radius 3 is 2.33 bits per heavy atom. The number of thiophene rings is 1. The number of halogens is 1. The van der Waals surface area contributed by atoms with Gasteiger partial charge in [0.1, 0.15) is 0 Å². The molecule has 0 amide bonds. The summed E-state index contributed by atoms with van der Waals surface area (Å²) < 4.78 is 0. The fraction of sp³-hybridized carbons (Fsp3) is 0.261. The van der Waals surface area contributed by atoms with Gasteiger partial charge in [-0.25, -0.2) is 0 Å². The first-order valence-electron chi connectivity index (χ1n) is 9.19. The van der Waals surface area contributed by atoms with Gasteiger partial charge >= 0.3 is 0 Å². The molecule has 2 N–H and O–H groups in total. The number of hydrogen-bond donors (Lipinski definition) is 1. The van der Waals surface area contributed by atoms with Crippen LogP contribution in [0.25, 0.3) is 0 Å². The minimum absolute atomic E-state index is 0.112. The van der Waals surface area contributed by atoms with Crippen molar-refractivity contribution in [1.82, 2.24) is 0 Å². The molecule has 3 aromatic rings. The summed E-state index contributed by atoms with van der Waals surface area (Å²) in [5.74, 6) is 0.553. The summed E-state index contributed by atoms with van der Waals surface area (Å²) in [5, 5.41) is 1.01. The number of hydrogen-bond acceptors (Lipinski definition) is 3. The summed E-state index contributed by atoms with van der Waals surface area (Å²) in [6.07, 6.45) is 2.91. The summed E-state index contributed by atoms with van der Waals surface area (Å²) in [4.78, 5) is 13.9. The number of aryl methyl sites for hydroxylation is 2. The van der Waals surface area contributed by atoms with Crippen molar-refractivity contribution in [3.05, 3.63) is 86.8 Å². The van der Waals surface area contributed by atoms with Crippen LogP contribution in [0, 0.1) is 5.92 Å². The van der Waals surface area contributed by atoms with E-state index in [1.165, 1.54) is 22.5 Å². The molecule has 3 rings (SSSR count). The Morgan fingerprint density at radius 1 is 1.00 bits per heavy atom. The van der Waals surface area contributed by atoms with Crippen molar-refractivity contribution in [2.45, 2.75) is 33.1 Å². The molecule has 0 aliphatic heterocycles. The van der Waals surface area contributed by atoms with E-state index < -0.39 is 0 Å². The highest BCUT2D eigenvalue weighted by atomic mass is 35.5. The van der Waals surface area contributed by atoms with Crippen molar-refractivity contribution in [2.24, 2.45) is 5.92 Å². The topological polar surface area (TPSA) is 43.1 Å². The molecule has 0 aliphatic rings. The maximum absolute atomic E-state index is 12.7. The monoisotopic (exact) mass is 397 g/mol. The Labute approximate surface area is 170 Å². The van der Waals surface area contributed by atoms with E-state index in [9.17, 15) is 4.79 Å². The SMILES string of the molecule is CC(C)Cc1ccc(CCc2cc(C(=O)c3ccccc3Cl)c(N)s2)cc1. The first-order valence-corrected chi connectivity index (χ1v) is 10.4. The maximum Gasteiger partial charge on any atom is 0.197 e. The number of anilines is 1. The Morgan fingerprint density at radius 2 is 1.67 bits per heavy atom. The first-order chi connectivity index (χ1) is 12.9. The molecular formula is C23H24ClNOS. The highest BCUT2D eigenvalue weighted by molar-refractivity contribution is 7.16. The van der Waals surface area contributed by atoms with E-state index in [0.29, 0.717) is 27.1 Å². The average molecular weight is 398 g/mol. The molecule has 140 valence electrons. The van der Waals surface area contributed by atoms with E-state index >= 15 is 0 Å². The molecule has 0 spiro atoms. The van der Waals surface area contributed by atoms with Gasteiger partial charge in [-0.05, 0) is 54.5 Å². The summed E-state index contributed by atoms with van der Waals surface area (Å²) in [6.45, 7) is 4.47. The van der Waals surface area contributed by atoms with Crippen LogP contribution in [0.1, 0.15) is 45.8 Å². The van der Waals surface area contributed by atoms with Gasteiger partial charge in [0.25, 0.3) is 0 Å². The fourth-order valence-electron chi connectivity index (χ4n) is 3.13. The molecular weight excluding hydrogens is 374 g/mol. The number of nitrogens with two attached hydrogens (primary N) is 1. The molecule has 1 aromatic heterocycles. The van der Waals surface area contributed by atoms with E-state index in [2.05, 4.69) is 38.1 Å². The van der Waals surface area contributed by atoms with Crippen molar-refractivity contribution in [2.75, 3.05) is 5.73 Å². The second-order valence-electron chi connectivity index (χ2n) is 7.21. The van der Waals surface area contributed by atoms with Crippen LogP contribution in [0.2, 0.25) is 5.02 Å². The average Bonchev–Trinajstić information content (AvgIpc) is 3.01. The van der Waals surface area contributed by atoms with Crippen molar-refractivity contribution < 1.29 is 4.79 Å². The lowest BCUT2D eigenvalue weighted by atomic mass is 10.00. The second-order valence-corrected chi connectivity index (χ2v) is 8.79. The molecule has 2 nitrogen and oxygen atoms in total. The largest absolute Gasteiger partial charge is 0.390 e. The van der Waals surface area contributed by atoms with Crippen LogP contribution >= 0.6 is 22.9 Å². The molecule has 0 fully saturated rings. The van der Waals surface area contributed by atoms with E-state index in [4.69, 9.17) is 17.3 Å². The molecule has 27 heavy (non-hydrogen) atoms. The Hall–Kier alpha value is -2.10. The third-order valence-corrected chi connectivity index (χ3v) is 5.86. The lowest BCUT2D eigenvalue weighted by Crippen LogP contribution is -2.03. The van der Waals surface area contributed by atoms with Gasteiger partial charge < -0.3 is 5.73 Å². The van der Waals surface area contributed by atoms with E-state index in [-0.39, 0.29) is 5.78 Å². The van der Waals surface area contributed by atoms with Crippen LogP contribution in [0.15, 0.2) is 54.6 Å². The minimum Gasteiger partial charge on any atom is -0.390 e. The number of benzene rings is 2. The van der Waals surface area contributed by atoms with E-state index in [1.54, 1.807) is 12.1 Å². The standard InChI is InChI=1S/C23H24ClNOS/c1-15(2)13-17-9-7-16(8-10-17)11-12-18-14-20(23(25)27-18)22(26)19-5-3-4-6-21(19)24/h3-10,14-15H,11-13,25H2,1-2H3. The van der Waals surface area contributed by atoms with Gasteiger partial charge in [0.2, 0.25) is 0 Å². The molecule has 0 atom stereocenters. The normalized spacial score (nSPS) is 11.1. The molecule has 4 heteroatoms. The molecule has 0 aliphatic carbocycles. The molecule has 0 radical (unpaired) electrons. The van der Waals surface area contributed by atoms with Crippen LogP contribution < -0.4 is 5.73 Å². The van der Waals surface area contributed by atoms with Gasteiger partial charge in [-0.15, -0.1) is 11.3 Å². The Kier molecular flexibility index (Phi) is 6.35. The van der Waals surface area contributed by atoms with E-state index in [0.717, 1.165) is 24.1 Å². The molecule has 0 bridgehead atoms. The zero-order chi connectivity index (χ0) is 19.4. The lowest BCUT2D eigenvalue weighted by Gasteiger charge is -2.06. The van der Waals surface area contributed by atoms with Crippen LogP contribution in [-0.4, -0.2) is 5.78 Å². The minimum atomic E-state index is -0.112. The van der Waals surface area contributed by atoms with Gasteiger partial charge in [0, 0.05) is 10.4 Å². The van der Waals surface area contributed by atoms with Gasteiger partial charge in [0.15, 0.2) is 5.78 Å². The molecule has 0 saturated carbocycles.